The number of hydrogen-bond acceptors (Lipinski definition) is 7. The van der Waals surface area contributed by atoms with Crippen molar-refractivity contribution in [2.45, 2.75) is 38.3 Å². The first-order valence-corrected chi connectivity index (χ1v) is 11.2. The predicted molar refractivity (Wildman–Crippen MR) is 123 cm³/mol. The van der Waals surface area contributed by atoms with Gasteiger partial charge in [-0.25, -0.2) is 9.18 Å². The molecule has 1 N–H and O–H groups in total. The summed E-state index contributed by atoms with van der Waals surface area (Å²) < 4.78 is 25.6. The molecule has 3 heterocycles. The van der Waals surface area contributed by atoms with Gasteiger partial charge in [0.2, 0.25) is 0 Å². The van der Waals surface area contributed by atoms with Crippen LogP contribution in [0.25, 0.3) is 0 Å². The number of furan rings is 1. The van der Waals surface area contributed by atoms with Gasteiger partial charge in [0.15, 0.2) is 0 Å². The molecule has 0 radical (unpaired) electrons. The lowest BCUT2D eigenvalue weighted by molar-refractivity contribution is -0.402. The van der Waals surface area contributed by atoms with E-state index in [1.54, 1.807) is 25.1 Å². The number of likely N-dealkylation sites (tertiary alicyclic amines) is 1. The van der Waals surface area contributed by atoms with Gasteiger partial charge in [-0.05, 0) is 62.5 Å². The van der Waals surface area contributed by atoms with E-state index in [9.17, 15) is 19.3 Å². The maximum absolute atomic E-state index is 15.0. The highest BCUT2D eigenvalue weighted by molar-refractivity contribution is 7.80. The minimum atomic E-state index is -0.554. The number of nitro groups is 1. The van der Waals surface area contributed by atoms with E-state index in [0.717, 1.165) is 25.9 Å². The van der Waals surface area contributed by atoms with Gasteiger partial charge in [-0.1, -0.05) is 18.3 Å². The molecule has 176 valence electrons. The van der Waals surface area contributed by atoms with Gasteiger partial charge < -0.3 is 14.5 Å². The molecular weight excluding hydrogens is 451 g/mol. The molecule has 11 heteroatoms. The fraction of sp³-hybridized carbons (Fsp3) is 0.455. The van der Waals surface area contributed by atoms with E-state index in [1.807, 2.05) is 0 Å². The Kier molecular flexibility index (Phi) is 6.89. The number of nitrogens with zero attached hydrogens (tertiary/aromatic N) is 3. The van der Waals surface area contributed by atoms with E-state index in [2.05, 4.69) is 10.2 Å². The van der Waals surface area contributed by atoms with Gasteiger partial charge in [0.05, 0.1) is 36.4 Å². The summed E-state index contributed by atoms with van der Waals surface area (Å²) in [5.74, 6) is 0.00814. The van der Waals surface area contributed by atoms with Crippen LogP contribution < -0.4 is 10.2 Å². The van der Waals surface area contributed by atoms with Gasteiger partial charge in [0.25, 0.3) is 0 Å². The van der Waals surface area contributed by atoms with E-state index >= 15 is 0 Å². The monoisotopic (exact) mass is 476 g/mol. The molecule has 4 rings (SSSR count). The van der Waals surface area contributed by atoms with Gasteiger partial charge in [-0.2, -0.15) is 0 Å². The minimum absolute atomic E-state index is 0.0641. The summed E-state index contributed by atoms with van der Waals surface area (Å²) in [6.07, 6.45) is 0.672. The van der Waals surface area contributed by atoms with Gasteiger partial charge in [-0.15, -0.1) is 0 Å². The van der Waals surface area contributed by atoms with Crippen LogP contribution in [-0.4, -0.2) is 53.2 Å². The largest absolute Gasteiger partial charge is 0.442 e. The first-order chi connectivity index (χ1) is 15.8. The van der Waals surface area contributed by atoms with Crippen LogP contribution in [0, 0.1) is 15.9 Å². The van der Waals surface area contributed by atoms with Crippen molar-refractivity contribution in [1.29, 1.82) is 0 Å². The number of anilines is 1. The number of nitrogens with one attached hydrogen (secondary N) is 1. The van der Waals surface area contributed by atoms with Gasteiger partial charge in [-0.3, -0.25) is 19.9 Å². The average Bonchev–Trinajstić information content (AvgIpc) is 3.39. The molecule has 1 aromatic carbocycles. The van der Waals surface area contributed by atoms with Crippen LogP contribution >= 0.6 is 12.2 Å². The Hall–Kier alpha value is -3.05. The standard InChI is InChI=1S/C22H25FN4O5S/c1-14(33)24-11-18-13-26(22(28)32-18)16-2-4-19(20(23)10-16)15-6-8-25(9-7-15)12-17-3-5-21(31-17)27(29)30/h2-5,10,15,18H,6-9,11-13H2,1H3,(H,24,33)/t18-/m0/s1. The lowest BCUT2D eigenvalue weighted by atomic mass is 9.89. The lowest BCUT2D eigenvalue weighted by Crippen LogP contribution is -2.33. The zero-order chi connectivity index (χ0) is 23.5. The summed E-state index contributed by atoms with van der Waals surface area (Å²) >= 11 is 4.98. The van der Waals surface area contributed by atoms with Crippen LogP contribution in [0.5, 0.6) is 0 Å². The smallest absolute Gasteiger partial charge is 0.433 e. The van der Waals surface area contributed by atoms with Crippen molar-refractivity contribution in [2.75, 3.05) is 31.1 Å². The van der Waals surface area contributed by atoms with Crippen molar-refractivity contribution >= 4 is 34.9 Å². The molecular formula is C22H25FN4O5S. The van der Waals surface area contributed by atoms with E-state index in [-0.39, 0.29) is 23.7 Å². The summed E-state index contributed by atoms with van der Waals surface area (Å²) in [6.45, 7) is 4.45. The maximum Gasteiger partial charge on any atom is 0.433 e. The quantitative estimate of drug-likeness (QED) is 0.364. The number of rotatable bonds is 7. The van der Waals surface area contributed by atoms with Gasteiger partial charge >= 0.3 is 12.0 Å². The van der Waals surface area contributed by atoms with E-state index < -0.39 is 11.0 Å². The zero-order valence-corrected chi connectivity index (χ0v) is 19.0. The average molecular weight is 477 g/mol. The first kappa shape index (κ1) is 23.1. The minimum Gasteiger partial charge on any atom is -0.442 e. The summed E-state index contributed by atoms with van der Waals surface area (Å²) in [6, 6.07) is 7.87. The van der Waals surface area contributed by atoms with Gasteiger partial charge in [0.1, 0.15) is 22.6 Å². The summed E-state index contributed by atoms with van der Waals surface area (Å²) in [5, 5.41) is 13.7. The van der Waals surface area contributed by atoms with Crippen LogP contribution in [0.4, 0.5) is 20.8 Å². The van der Waals surface area contributed by atoms with Crippen LogP contribution in [-0.2, 0) is 11.3 Å². The third-order valence-corrected chi connectivity index (χ3v) is 6.13. The second kappa shape index (κ2) is 9.84. The number of carbonyl (C=O) groups is 1. The molecule has 1 amide bonds. The maximum atomic E-state index is 15.0. The molecule has 0 unspecified atom stereocenters. The number of thiocarbonyl (C=S) groups is 1. The van der Waals surface area contributed by atoms with Crippen LogP contribution in [0.15, 0.2) is 34.7 Å². The number of amides is 1. The molecule has 2 aliphatic heterocycles. The molecule has 2 aromatic rings. The molecule has 33 heavy (non-hydrogen) atoms. The SMILES string of the molecule is CC(=S)NC[C@H]1CN(c2ccc(C3CCN(Cc4ccc([N+](=O)[O-])o4)CC3)c(F)c2)C(=O)O1. The normalized spacial score (nSPS) is 19.5. The molecule has 2 saturated heterocycles. The molecule has 1 aromatic heterocycles. The molecule has 0 aliphatic carbocycles. The number of cyclic esters (lactones) is 1. The summed E-state index contributed by atoms with van der Waals surface area (Å²) in [7, 11) is 0. The fourth-order valence-electron chi connectivity index (χ4n) is 4.28. The molecule has 2 aliphatic rings. The number of carbonyl (C=O) groups excluding carboxylic acids is 1. The summed E-state index contributed by atoms with van der Waals surface area (Å²) in [4.78, 5) is 26.6. The molecule has 0 bridgehead atoms. The molecule has 9 nitrogen and oxygen atoms in total. The van der Waals surface area contributed by atoms with Crippen molar-refractivity contribution in [3.63, 3.8) is 0 Å². The Morgan fingerprint density at radius 3 is 2.70 bits per heavy atom. The second-order valence-corrected chi connectivity index (χ2v) is 8.92. The highest BCUT2D eigenvalue weighted by atomic mass is 32.1. The van der Waals surface area contributed by atoms with Gasteiger partial charge in [0, 0.05) is 0 Å². The fourth-order valence-corrected chi connectivity index (χ4v) is 4.37. The second-order valence-electron chi connectivity index (χ2n) is 8.31. The van der Waals surface area contributed by atoms with Crippen LogP contribution in [0.3, 0.4) is 0 Å². The van der Waals surface area contributed by atoms with Crippen LogP contribution in [0.2, 0.25) is 0 Å². The Morgan fingerprint density at radius 2 is 2.06 bits per heavy atom. The highest BCUT2D eigenvalue weighted by Crippen LogP contribution is 2.33. The van der Waals surface area contributed by atoms with Crippen molar-refractivity contribution < 1.29 is 23.3 Å². The first-order valence-electron chi connectivity index (χ1n) is 10.8. The van der Waals surface area contributed by atoms with Crippen molar-refractivity contribution in [2.24, 2.45) is 0 Å². The number of ether oxygens (including phenoxy) is 1. The predicted octanol–water partition coefficient (Wildman–Crippen LogP) is 3.97. The Balaban J connectivity index is 1.33. The lowest BCUT2D eigenvalue weighted by Gasteiger charge is -2.31. The van der Waals surface area contributed by atoms with Crippen molar-refractivity contribution in [3.8, 4) is 0 Å². The topological polar surface area (TPSA) is 101 Å². The number of hydrogen-bond donors (Lipinski definition) is 1. The zero-order valence-electron chi connectivity index (χ0n) is 18.2. The van der Waals surface area contributed by atoms with Crippen LogP contribution in [0.1, 0.15) is 37.0 Å². The molecule has 0 saturated carbocycles. The number of piperidine rings is 1. The van der Waals surface area contributed by atoms with Crippen molar-refractivity contribution in [3.05, 3.63) is 57.6 Å². The Labute approximate surface area is 195 Å². The van der Waals surface area contributed by atoms with E-state index in [1.165, 1.54) is 17.0 Å². The highest BCUT2D eigenvalue weighted by Gasteiger charge is 2.33. The number of halogens is 1. The van der Waals surface area contributed by atoms with E-state index in [4.69, 9.17) is 21.4 Å². The molecule has 0 spiro atoms. The summed E-state index contributed by atoms with van der Waals surface area (Å²) in [5.41, 5.74) is 1.11. The molecule has 1 atom stereocenters. The van der Waals surface area contributed by atoms with Crippen molar-refractivity contribution in [1.82, 2.24) is 10.2 Å². The Morgan fingerprint density at radius 1 is 1.30 bits per heavy atom. The third-order valence-electron chi connectivity index (χ3n) is 5.98. The third kappa shape index (κ3) is 5.48. The van der Waals surface area contributed by atoms with E-state index in [0.29, 0.717) is 41.6 Å². The number of benzene rings is 1. The Bertz CT molecular complexity index is 1050. The molecule has 2 fully saturated rings.